The van der Waals surface area contributed by atoms with Crippen LogP contribution in [0.2, 0.25) is 0 Å². The summed E-state index contributed by atoms with van der Waals surface area (Å²) in [6.07, 6.45) is 0.0596. The zero-order valence-electron chi connectivity index (χ0n) is 15.0. The van der Waals surface area contributed by atoms with E-state index in [4.69, 9.17) is 4.74 Å². The van der Waals surface area contributed by atoms with Crippen molar-refractivity contribution in [2.75, 3.05) is 23.9 Å². The molecule has 0 aliphatic carbocycles. The summed E-state index contributed by atoms with van der Waals surface area (Å²) >= 11 is 0. The monoisotopic (exact) mass is 369 g/mol. The largest absolute Gasteiger partial charge is 0.496 e. The summed E-state index contributed by atoms with van der Waals surface area (Å²) in [5.74, 6) is -0.832. The molecule has 1 saturated heterocycles. The third kappa shape index (κ3) is 3.74. The molecule has 1 aliphatic heterocycles. The van der Waals surface area contributed by atoms with E-state index >= 15 is 0 Å². The molecule has 140 valence electrons. The summed E-state index contributed by atoms with van der Waals surface area (Å²) in [6.45, 7) is 2.14. The van der Waals surface area contributed by atoms with Crippen LogP contribution in [0.5, 0.6) is 5.75 Å². The molecule has 27 heavy (non-hydrogen) atoms. The number of nitrogens with one attached hydrogen (secondary N) is 1. The van der Waals surface area contributed by atoms with Gasteiger partial charge in [-0.1, -0.05) is 18.2 Å². The number of carbonyl (C=O) groups is 2. The maximum absolute atomic E-state index is 12.6. The lowest BCUT2D eigenvalue weighted by Crippen LogP contribution is -2.28. The zero-order chi connectivity index (χ0) is 19.6. The molecule has 0 bridgehead atoms. The van der Waals surface area contributed by atoms with E-state index in [2.05, 4.69) is 5.32 Å². The number of rotatable bonds is 5. The van der Waals surface area contributed by atoms with Gasteiger partial charge in [0.05, 0.1) is 24.0 Å². The fourth-order valence-electron chi connectivity index (χ4n) is 3.11. The normalized spacial score (nSPS) is 16.3. The summed E-state index contributed by atoms with van der Waals surface area (Å²) < 4.78 is 4.98. The third-order valence-electron chi connectivity index (χ3n) is 4.56. The smallest absolute Gasteiger partial charge is 0.296 e. The van der Waals surface area contributed by atoms with E-state index in [1.807, 2.05) is 31.2 Å². The highest BCUT2D eigenvalue weighted by Gasteiger charge is 2.36. The van der Waals surface area contributed by atoms with Crippen molar-refractivity contribution in [1.82, 2.24) is 0 Å². The summed E-state index contributed by atoms with van der Waals surface area (Å²) in [7, 11) is 1.40. The van der Waals surface area contributed by atoms with Gasteiger partial charge in [0.15, 0.2) is 0 Å². The van der Waals surface area contributed by atoms with E-state index < -0.39 is 16.7 Å². The highest BCUT2D eigenvalue weighted by molar-refractivity contribution is 6.04. The van der Waals surface area contributed by atoms with Crippen LogP contribution >= 0.6 is 0 Å². The summed E-state index contributed by atoms with van der Waals surface area (Å²) in [4.78, 5) is 37.2. The van der Waals surface area contributed by atoms with E-state index in [9.17, 15) is 19.7 Å². The first-order chi connectivity index (χ1) is 12.9. The standard InChI is InChI=1S/C19H19N3O5/c1-12-5-3-4-6-16(12)21-11-13(9-18(21)23)19(24)20-15-8-7-14(27-2)10-17(15)22(25)26/h3-8,10,13H,9,11H2,1-2H3,(H,20,24)/t13-/m0/s1. The number of hydrogen-bond acceptors (Lipinski definition) is 5. The number of nitro groups is 1. The Morgan fingerprint density at radius 2 is 2.04 bits per heavy atom. The molecular formula is C19H19N3O5. The quantitative estimate of drug-likeness (QED) is 0.645. The molecule has 8 nitrogen and oxygen atoms in total. The van der Waals surface area contributed by atoms with Crippen LogP contribution in [0, 0.1) is 23.0 Å². The number of amides is 2. The number of benzene rings is 2. The van der Waals surface area contributed by atoms with Gasteiger partial charge in [-0.15, -0.1) is 0 Å². The Balaban J connectivity index is 1.77. The van der Waals surface area contributed by atoms with Crippen LogP contribution in [0.15, 0.2) is 42.5 Å². The molecule has 0 saturated carbocycles. The van der Waals surface area contributed by atoms with Gasteiger partial charge in [0, 0.05) is 18.7 Å². The van der Waals surface area contributed by atoms with Gasteiger partial charge in [-0.25, -0.2) is 0 Å². The first-order valence-electron chi connectivity index (χ1n) is 8.40. The molecule has 2 aromatic rings. The highest BCUT2D eigenvalue weighted by Crippen LogP contribution is 2.31. The van der Waals surface area contributed by atoms with Crippen molar-refractivity contribution in [3.8, 4) is 5.75 Å². The predicted molar refractivity (Wildman–Crippen MR) is 99.9 cm³/mol. The van der Waals surface area contributed by atoms with Crippen LogP contribution in [0.25, 0.3) is 0 Å². The molecule has 1 fully saturated rings. The molecule has 0 aromatic heterocycles. The van der Waals surface area contributed by atoms with Crippen molar-refractivity contribution in [2.24, 2.45) is 5.92 Å². The Bertz CT molecular complexity index is 912. The molecule has 0 radical (unpaired) electrons. The number of nitro benzene ring substituents is 1. The Labute approximate surface area is 155 Å². The summed E-state index contributed by atoms with van der Waals surface area (Å²) in [5, 5.41) is 13.8. The Kier molecular flexibility index (Phi) is 5.07. The number of ether oxygens (including phenoxy) is 1. The van der Waals surface area contributed by atoms with Gasteiger partial charge < -0.3 is 15.0 Å². The topological polar surface area (TPSA) is 102 Å². The number of nitrogens with zero attached hydrogens (tertiary/aromatic N) is 2. The predicted octanol–water partition coefficient (Wildman–Crippen LogP) is 2.90. The van der Waals surface area contributed by atoms with Crippen molar-refractivity contribution in [3.05, 3.63) is 58.1 Å². The van der Waals surface area contributed by atoms with Gasteiger partial charge in [-0.3, -0.25) is 19.7 Å². The molecule has 2 aromatic carbocycles. The minimum Gasteiger partial charge on any atom is -0.496 e. The summed E-state index contributed by atoms with van der Waals surface area (Å²) in [5.41, 5.74) is 1.53. The van der Waals surface area contributed by atoms with E-state index in [1.165, 1.54) is 25.3 Å². The van der Waals surface area contributed by atoms with Gasteiger partial charge in [0.2, 0.25) is 11.8 Å². The average Bonchev–Trinajstić information content (AvgIpc) is 3.04. The number of para-hydroxylation sites is 1. The lowest BCUT2D eigenvalue weighted by atomic mass is 10.1. The van der Waals surface area contributed by atoms with Crippen LogP contribution in [0.4, 0.5) is 17.1 Å². The summed E-state index contributed by atoms with van der Waals surface area (Å²) in [6, 6.07) is 11.6. The number of anilines is 2. The molecule has 3 rings (SSSR count). The number of methoxy groups -OCH3 is 1. The molecule has 0 unspecified atom stereocenters. The minimum absolute atomic E-state index is 0.0596. The van der Waals surface area contributed by atoms with E-state index in [0.29, 0.717) is 5.75 Å². The average molecular weight is 369 g/mol. The van der Waals surface area contributed by atoms with Gasteiger partial charge in [-0.2, -0.15) is 0 Å². The van der Waals surface area contributed by atoms with Crippen molar-refractivity contribution in [1.29, 1.82) is 0 Å². The van der Waals surface area contributed by atoms with Gasteiger partial charge in [0.1, 0.15) is 11.4 Å². The molecule has 1 N–H and O–H groups in total. The fourth-order valence-corrected chi connectivity index (χ4v) is 3.11. The highest BCUT2D eigenvalue weighted by atomic mass is 16.6. The molecule has 1 aliphatic rings. The third-order valence-corrected chi connectivity index (χ3v) is 4.56. The molecule has 1 heterocycles. The lowest BCUT2D eigenvalue weighted by molar-refractivity contribution is -0.384. The second-order valence-electron chi connectivity index (χ2n) is 6.32. The molecule has 8 heteroatoms. The van der Waals surface area contributed by atoms with Crippen LogP contribution in [-0.2, 0) is 9.59 Å². The van der Waals surface area contributed by atoms with E-state index in [0.717, 1.165) is 11.3 Å². The van der Waals surface area contributed by atoms with Crippen molar-refractivity contribution >= 4 is 28.9 Å². The van der Waals surface area contributed by atoms with Crippen molar-refractivity contribution in [2.45, 2.75) is 13.3 Å². The Hall–Kier alpha value is -3.42. The Morgan fingerprint density at radius 3 is 2.70 bits per heavy atom. The second-order valence-corrected chi connectivity index (χ2v) is 6.32. The van der Waals surface area contributed by atoms with Crippen LogP contribution in [0.1, 0.15) is 12.0 Å². The SMILES string of the molecule is COc1ccc(NC(=O)[C@H]2CC(=O)N(c3ccccc3C)C2)c([N+](=O)[O-])c1. The van der Waals surface area contributed by atoms with E-state index in [1.54, 1.807) is 4.90 Å². The first kappa shape index (κ1) is 18.4. The minimum atomic E-state index is -0.586. The van der Waals surface area contributed by atoms with Crippen LogP contribution in [-0.4, -0.2) is 30.4 Å². The fraction of sp³-hybridized carbons (Fsp3) is 0.263. The molecular weight excluding hydrogens is 350 g/mol. The number of carbonyl (C=O) groups excluding carboxylic acids is 2. The molecule has 1 atom stereocenters. The van der Waals surface area contributed by atoms with Crippen LogP contribution < -0.4 is 15.0 Å². The molecule has 0 spiro atoms. The zero-order valence-corrected chi connectivity index (χ0v) is 15.0. The van der Waals surface area contributed by atoms with Crippen molar-refractivity contribution in [3.63, 3.8) is 0 Å². The van der Waals surface area contributed by atoms with Gasteiger partial charge >= 0.3 is 0 Å². The molecule has 2 amide bonds. The maximum Gasteiger partial charge on any atom is 0.296 e. The maximum atomic E-state index is 12.6. The first-order valence-corrected chi connectivity index (χ1v) is 8.40. The van der Waals surface area contributed by atoms with E-state index in [-0.39, 0.29) is 30.2 Å². The van der Waals surface area contributed by atoms with Crippen LogP contribution in [0.3, 0.4) is 0 Å². The number of hydrogen-bond donors (Lipinski definition) is 1. The second kappa shape index (κ2) is 7.45. The number of aryl methyl sites for hydroxylation is 1. The lowest BCUT2D eigenvalue weighted by Gasteiger charge is -2.19. The van der Waals surface area contributed by atoms with Gasteiger partial charge in [-0.05, 0) is 30.7 Å². The van der Waals surface area contributed by atoms with Gasteiger partial charge in [0.25, 0.3) is 5.69 Å². The Morgan fingerprint density at radius 1 is 1.30 bits per heavy atom. The van der Waals surface area contributed by atoms with Crippen molar-refractivity contribution < 1.29 is 19.2 Å².